The zero-order valence-corrected chi connectivity index (χ0v) is 8.01. The predicted molar refractivity (Wildman–Crippen MR) is 46.4 cm³/mol. The number of carbonyl (C=O) groups is 2. The molecule has 0 saturated heterocycles. The summed E-state index contributed by atoms with van der Waals surface area (Å²) in [5.74, 6) is -1.99. The van der Waals surface area contributed by atoms with Crippen LogP contribution >= 0.6 is 11.8 Å². The van der Waals surface area contributed by atoms with Crippen LogP contribution in [-0.4, -0.2) is 32.1 Å². The van der Waals surface area contributed by atoms with E-state index in [2.05, 4.69) is 0 Å². The Hall–Kier alpha value is -0.710. The average Bonchev–Trinajstić information content (AvgIpc) is 1.85. The van der Waals surface area contributed by atoms with Crippen LogP contribution < -0.4 is 0 Å². The summed E-state index contributed by atoms with van der Waals surface area (Å²) in [5, 5.41) is 16.5. The molecule has 1 unspecified atom stereocenters. The molecule has 0 aromatic carbocycles. The van der Waals surface area contributed by atoms with Gasteiger partial charge in [0, 0.05) is 0 Å². The second kappa shape index (κ2) is 3.80. The van der Waals surface area contributed by atoms with Crippen molar-refractivity contribution in [3.63, 3.8) is 0 Å². The van der Waals surface area contributed by atoms with Gasteiger partial charge >= 0.3 is 11.9 Å². The zero-order valence-electron chi connectivity index (χ0n) is 7.20. The smallest absolute Gasteiger partial charge is 0.319 e. The Morgan fingerprint density at radius 1 is 1.33 bits per heavy atom. The van der Waals surface area contributed by atoms with E-state index in [1.165, 1.54) is 20.8 Å². The van der Waals surface area contributed by atoms with Crippen LogP contribution in [0.25, 0.3) is 0 Å². The molecule has 0 aliphatic heterocycles. The van der Waals surface area contributed by atoms with Crippen molar-refractivity contribution in [3.8, 4) is 0 Å². The summed E-state index contributed by atoms with van der Waals surface area (Å²) in [4.78, 5) is 21.0. The Morgan fingerprint density at radius 2 is 1.75 bits per heavy atom. The van der Waals surface area contributed by atoms with Crippen LogP contribution in [0.1, 0.15) is 20.8 Å². The predicted octanol–water partition coefficient (Wildman–Crippen LogP) is 1.06. The second-order valence-corrected chi connectivity index (χ2v) is 4.88. The first kappa shape index (κ1) is 11.3. The highest BCUT2D eigenvalue weighted by Crippen LogP contribution is 2.28. The molecule has 70 valence electrons. The topological polar surface area (TPSA) is 74.6 Å². The number of rotatable bonds is 4. The van der Waals surface area contributed by atoms with Crippen LogP contribution in [0.15, 0.2) is 0 Å². The minimum Gasteiger partial charge on any atom is -0.480 e. The van der Waals surface area contributed by atoms with Gasteiger partial charge in [0.2, 0.25) is 0 Å². The molecular formula is C7H12O4S. The summed E-state index contributed by atoms with van der Waals surface area (Å²) in [7, 11) is 0. The van der Waals surface area contributed by atoms with Gasteiger partial charge in [-0.05, 0) is 20.8 Å². The molecule has 0 aromatic heterocycles. The monoisotopic (exact) mass is 192 g/mol. The van der Waals surface area contributed by atoms with Crippen molar-refractivity contribution in [2.75, 3.05) is 0 Å². The van der Waals surface area contributed by atoms with Gasteiger partial charge < -0.3 is 10.2 Å². The highest BCUT2D eigenvalue weighted by atomic mass is 32.2. The lowest BCUT2D eigenvalue weighted by atomic mass is 10.2. The molecule has 0 amide bonds. The van der Waals surface area contributed by atoms with Gasteiger partial charge in [-0.3, -0.25) is 9.59 Å². The van der Waals surface area contributed by atoms with Crippen LogP contribution in [-0.2, 0) is 9.59 Å². The molecule has 12 heavy (non-hydrogen) atoms. The third-order valence-electron chi connectivity index (χ3n) is 1.33. The number of hydrogen-bond donors (Lipinski definition) is 2. The molecule has 0 spiro atoms. The fourth-order valence-corrected chi connectivity index (χ4v) is 1.63. The van der Waals surface area contributed by atoms with Crippen molar-refractivity contribution in [3.05, 3.63) is 0 Å². The number of carboxylic acids is 2. The molecule has 0 fully saturated rings. The number of thioether (sulfide) groups is 1. The molecule has 0 aliphatic carbocycles. The lowest BCUT2D eigenvalue weighted by Crippen LogP contribution is -2.31. The molecule has 0 bridgehead atoms. The van der Waals surface area contributed by atoms with E-state index in [1.54, 1.807) is 0 Å². The minimum absolute atomic E-state index is 0.698. The van der Waals surface area contributed by atoms with Gasteiger partial charge in [-0.15, -0.1) is 11.8 Å². The molecule has 2 N–H and O–H groups in total. The Balaban J connectivity index is 4.24. The summed E-state index contributed by atoms with van der Waals surface area (Å²) in [5.41, 5.74) is 0. The van der Waals surface area contributed by atoms with Crippen LogP contribution in [0.5, 0.6) is 0 Å². The Kier molecular flexibility index (Phi) is 3.57. The first-order valence-corrected chi connectivity index (χ1v) is 4.29. The fraction of sp³-hybridized carbons (Fsp3) is 0.714. The standard InChI is InChI=1S/C7H12O4S/c1-4(5(8)9)12-7(2,3)6(10)11/h4H,1-3H3,(H,8,9)(H,10,11). The van der Waals surface area contributed by atoms with Gasteiger partial charge in [-0.25, -0.2) is 0 Å². The van der Waals surface area contributed by atoms with Crippen molar-refractivity contribution in [2.24, 2.45) is 0 Å². The summed E-state index contributed by atoms with van der Waals surface area (Å²) in [6.45, 7) is 4.44. The molecule has 0 aromatic rings. The lowest BCUT2D eigenvalue weighted by Gasteiger charge is -2.20. The fourth-order valence-electron chi connectivity index (χ4n) is 0.543. The normalized spacial score (nSPS) is 13.9. The van der Waals surface area contributed by atoms with E-state index in [-0.39, 0.29) is 0 Å². The maximum Gasteiger partial charge on any atom is 0.319 e. The van der Waals surface area contributed by atoms with E-state index in [9.17, 15) is 9.59 Å². The van der Waals surface area contributed by atoms with Crippen molar-refractivity contribution in [1.29, 1.82) is 0 Å². The Bertz CT molecular complexity index is 200. The van der Waals surface area contributed by atoms with Crippen LogP contribution in [0.2, 0.25) is 0 Å². The van der Waals surface area contributed by atoms with Crippen molar-refractivity contribution in [1.82, 2.24) is 0 Å². The average molecular weight is 192 g/mol. The third kappa shape index (κ3) is 3.13. The Labute approximate surface area is 75.0 Å². The molecule has 0 saturated carbocycles. The Morgan fingerprint density at radius 3 is 2.00 bits per heavy atom. The maximum absolute atomic E-state index is 10.6. The van der Waals surface area contributed by atoms with Gasteiger partial charge in [0.05, 0.1) is 0 Å². The number of carboxylic acid groups (broad SMARTS) is 2. The highest BCUT2D eigenvalue weighted by Gasteiger charge is 2.32. The van der Waals surface area contributed by atoms with E-state index in [1.807, 2.05) is 0 Å². The second-order valence-electron chi connectivity index (χ2n) is 2.91. The van der Waals surface area contributed by atoms with E-state index in [0.29, 0.717) is 0 Å². The summed E-state index contributed by atoms with van der Waals surface area (Å²) >= 11 is 0.919. The molecule has 0 aliphatic rings. The van der Waals surface area contributed by atoms with Crippen molar-refractivity contribution < 1.29 is 19.8 Å². The first-order valence-electron chi connectivity index (χ1n) is 3.41. The molecule has 5 heteroatoms. The van der Waals surface area contributed by atoms with Gasteiger partial charge in [-0.1, -0.05) is 0 Å². The van der Waals surface area contributed by atoms with Gasteiger partial charge in [0.25, 0.3) is 0 Å². The zero-order chi connectivity index (χ0) is 9.94. The van der Waals surface area contributed by atoms with Crippen LogP contribution in [0, 0.1) is 0 Å². The molecule has 0 radical (unpaired) electrons. The summed E-state index contributed by atoms with van der Waals surface area (Å²) < 4.78 is -1.04. The van der Waals surface area contributed by atoms with E-state index in [4.69, 9.17) is 10.2 Å². The molecule has 0 rings (SSSR count). The molecule has 0 heterocycles. The number of aliphatic carboxylic acids is 2. The number of hydrogen-bond acceptors (Lipinski definition) is 3. The summed E-state index contributed by atoms with van der Waals surface area (Å²) in [6, 6.07) is 0. The van der Waals surface area contributed by atoms with Crippen LogP contribution in [0.4, 0.5) is 0 Å². The minimum atomic E-state index is -1.04. The van der Waals surface area contributed by atoms with E-state index >= 15 is 0 Å². The van der Waals surface area contributed by atoms with Crippen molar-refractivity contribution >= 4 is 23.7 Å². The van der Waals surface area contributed by atoms with Crippen LogP contribution in [0.3, 0.4) is 0 Å². The quantitative estimate of drug-likeness (QED) is 0.696. The third-order valence-corrected chi connectivity index (χ3v) is 2.65. The summed E-state index contributed by atoms with van der Waals surface area (Å²) in [6.07, 6.45) is 0. The maximum atomic E-state index is 10.6. The lowest BCUT2D eigenvalue weighted by molar-refractivity contribution is -0.138. The largest absolute Gasteiger partial charge is 0.480 e. The SMILES string of the molecule is CC(SC(C)(C)C(=O)O)C(=O)O. The van der Waals surface area contributed by atoms with E-state index in [0.717, 1.165) is 11.8 Å². The first-order chi connectivity index (χ1) is 5.27. The van der Waals surface area contributed by atoms with Crippen molar-refractivity contribution in [2.45, 2.75) is 30.8 Å². The van der Waals surface area contributed by atoms with Gasteiger partial charge in [0.15, 0.2) is 0 Å². The van der Waals surface area contributed by atoms with E-state index < -0.39 is 21.9 Å². The molecule has 1 atom stereocenters. The molecular weight excluding hydrogens is 180 g/mol. The molecule has 4 nitrogen and oxygen atoms in total. The highest BCUT2D eigenvalue weighted by molar-refractivity contribution is 8.02. The van der Waals surface area contributed by atoms with Gasteiger partial charge in [-0.2, -0.15) is 0 Å². The van der Waals surface area contributed by atoms with Gasteiger partial charge in [0.1, 0.15) is 10.00 Å².